The van der Waals surface area contributed by atoms with Gasteiger partial charge in [-0.1, -0.05) is 6.07 Å². The molecule has 0 radical (unpaired) electrons. The first kappa shape index (κ1) is 8.55. The summed E-state index contributed by atoms with van der Waals surface area (Å²) in [7, 11) is 0. The first-order valence-electron chi connectivity index (χ1n) is 4.07. The molecule has 0 fully saturated rings. The number of nitrogens with zero attached hydrogens (tertiary/aromatic N) is 2. The highest BCUT2D eigenvalue weighted by Crippen LogP contribution is 1.99. The van der Waals surface area contributed by atoms with E-state index < -0.39 is 5.97 Å². The average Bonchev–Trinajstić information content (AvgIpc) is 2.44. The summed E-state index contributed by atoms with van der Waals surface area (Å²) in [5.74, 6) is -1.02. The van der Waals surface area contributed by atoms with Crippen LogP contribution in [0.1, 0.15) is 0 Å². The third-order valence-electron chi connectivity index (χ3n) is 1.94. The summed E-state index contributed by atoms with van der Waals surface area (Å²) in [5.41, 5.74) is 0.363. The highest BCUT2D eigenvalue weighted by molar-refractivity contribution is 5.66. The van der Waals surface area contributed by atoms with E-state index in [-0.39, 0.29) is 12.2 Å². The quantitative estimate of drug-likeness (QED) is 0.738. The summed E-state index contributed by atoms with van der Waals surface area (Å²) in [6, 6.07) is 5.26. The van der Waals surface area contributed by atoms with Crippen molar-refractivity contribution in [3.8, 4) is 0 Å². The molecular weight excluding hydrogens is 184 g/mol. The fourth-order valence-corrected chi connectivity index (χ4v) is 1.35. The van der Waals surface area contributed by atoms with Crippen molar-refractivity contribution in [2.75, 3.05) is 0 Å². The monoisotopic (exact) mass is 192 g/mol. The van der Waals surface area contributed by atoms with Gasteiger partial charge in [0.05, 0.1) is 5.52 Å². The normalized spacial score (nSPS) is 10.6. The Labute approximate surface area is 78.8 Å². The molecule has 0 unspecified atom stereocenters. The van der Waals surface area contributed by atoms with Gasteiger partial charge in [-0.25, -0.2) is 4.79 Å². The standard InChI is InChI=1S/C9H8N2O3/c12-8(13)6-10-5-7-3-1-2-4-11(7)9(10)14/h1-5H,6H2,(H,12,13). The van der Waals surface area contributed by atoms with Crippen molar-refractivity contribution in [3.63, 3.8) is 0 Å². The van der Waals surface area contributed by atoms with Crippen LogP contribution in [0, 0.1) is 0 Å². The zero-order valence-corrected chi connectivity index (χ0v) is 7.25. The zero-order chi connectivity index (χ0) is 10.1. The Bertz CT molecular complexity index is 538. The number of aromatic nitrogens is 2. The molecule has 0 aliphatic carbocycles. The second kappa shape index (κ2) is 3.02. The van der Waals surface area contributed by atoms with Gasteiger partial charge in [0, 0.05) is 12.4 Å². The van der Waals surface area contributed by atoms with Crippen molar-refractivity contribution in [1.82, 2.24) is 8.97 Å². The highest BCUT2D eigenvalue weighted by atomic mass is 16.4. The Morgan fingerprint density at radius 3 is 2.86 bits per heavy atom. The van der Waals surface area contributed by atoms with Crippen LogP contribution in [0.2, 0.25) is 0 Å². The predicted octanol–water partition coefficient (Wildman–Crippen LogP) is 0.186. The molecule has 0 aliphatic heterocycles. The van der Waals surface area contributed by atoms with E-state index in [1.54, 1.807) is 24.4 Å². The van der Waals surface area contributed by atoms with E-state index in [0.717, 1.165) is 4.57 Å². The Morgan fingerprint density at radius 1 is 1.43 bits per heavy atom. The minimum atomic E-state index is -1.02. The molecule has 0 saturated heterocycles. The van der Waals surface area contributed by atoms with Gasteiger partial charge < -0.3 is 5.11 Å². The van der Waals surface area contributed by atoms with Crippen LogP contribution in [-0.2, 0) is 11.3 Å². The zero-order valence-electron chi connectivity index (χ0n) is 7.25. The number of carboxylic acid groups (broad SMARTS) is 1. The summed E-state index contributed by atoms with van der Waals surface area (Å²) in [6.07, 6.45) is 3.13. The molecule has 1 N–H and O–H groups in total. The van der Waals surface area contributed by atoms with Crippen LogP contribution in [0.5, 0.6) is 0 Å². The van der Waals surface area contributed by atoms with Crippen molar-refractivity contribution in [2.24, 2.45) is 0 Å². The van der Waals surface area contributed by atoms with Crippen molar-refractivity contribution >= 4 is 11.5 Å². The number of fused-ring (bicyclic) bond motifs is 1. The third kappa shape index (κ3) is 1.28. The molecule has 0 aliphatic rings. The van der Waals surface area contributed by atoms with E-state index in [0.29, 0.717) is 5.52 Å². The van der Waals surface area contributed by atoms with Crippen LogP contribution < -0.4 is 5.69 Å². The maximum Gasteiger partial charge on any atom is 0.333 e. The molecule has 72 valence electrons. The maximum atomic E-state index is 11.5. The molecular formula is C9H8N2O3. The van der Waals surface area contributed by atoms with Gasteiger partial charge in [0.25, 0.3) is 0 Å². The minimum Gasteiger partial charge on any atom is -0.480 e. The molecule has 5 nitrogen and oxygen atoms in total. The molecule has 2 heterocycles. The minimum absolute atomic E-state index is 0.305. The van der Waals surface area contributed by atoms with E-state index in [1.165, 1.54) is 10.6 Å². The van der Waals surface area contributed by atoms with Crippen molar-refractivity contribution in [1.29, 1.82) is 0 Å². The summed E-state index contributed by atoms with van der Waals surface area (Å²) in [5, 5.41) is 8.55. The smallest absolute Gasteiger partial charge is 0.333 e. The summed E-state index contributed by atoms with van der Waals surface area (Å²) in [6.45, 7) is -0.305. The summed E-state index contributed by atoms with van der Waals surface area (Å²) >= 11 is 0. The topological polar surface area (TPSA) is 63.7 Å². The molecule has 2 aromatic rings. The van der Waals surface area contributed by atoms with Crippen LogP contribution in [0.4, 0.5) is 0 Å². The number of rotatable bonds is 2. The van der Waals surface area contributed by atoms with Gasteiger partial charge in [-0.3, -0.25) is 13.8 Å². The van der Waals surface area contributed by atoms with E-state index in [1.807, 2.05) is 0 Å². The van der Waals surface area contributed by atoms with Crippen molar-refractivity contribution in [3.05, 3.63) is 41.1 Å². The van der Waals surface area contributed by atoms with E-state index in [4.69, 9.17) is 5.11 Å². The lowest BCUT2D eigenvalue weighted by Gasteiger charge is -1.92. The summed E-state index contributed by atoms with van der Waals surface area (Å²) < 4.78 is 2.57. The molecule has 2 rings (SSSR count). The Hall–Kier alpha value is -2.04. The first-order valence-corrected chi connectivity index (χ1v) is 4.07. The first-order chi connectivity index (χ1) is 6.68. The lowest BCUT2D eigenvalue weighted by molar-refractivity contribution is -0.137. The largest absolute Gasteiger partial charge is 0.480 e. The molecule has 0 saturated carbocycles. The SMILES string of the molecule is O=C(O)Cn1cc2ccccn2c1=O. The Balaban J connectivity index is 2.63. The van der Waals surface area contributed by atoms with E-state index >= 15 is 0 Å². The molecule has 5 heteroatoms. The van der Waals surface area contributed by atoms with Crippen molar-refractivity contribution < 1.29 is 9.90 Å². The number of hydrogen-bond donors (Lipinski definition) is 1. The third-order valence-corrected chi connectivity index (χ3v) is 1.94. The molecule has 14 heavy (non-hydrogen) atoms. The molecule has 0 bridgehead atoms. The second-order valence-corrected chi connectivity index (χ2v) is 2.93. The van der Waals surface area contributed by atoms with Gasteiger partial charge in [0.15, 0.2) is 0 Å². The predicted molar refractivity (Wildman–Crippen MR) is 49.3 cm³/mol. The molecule has 0 atom stereocenters. The number of hydrogen-bond acceptors (Lipinski definition) is 2. The van der Waals surface area contributed by atoms with Crippen LogP contribution in [0.3, 0.4) is 0 Å². The van der Waals surface area contributed by atoms with Crippen LogP contribution in [0.15, 0.2) is 35.4 Å². The summed E-state index contributed by atoms with van der Waals surface area (Å²) in [4.78, 5) is 22.0. The van der Waals surface area contributed by atoms with Gasteiger partial charge in [0.2, 0.25) is 0 Å². The maximum absolute atomic E-state index is 11.5. The van der Waals surface area contributed by atoms with Crippen LogP contribution in [0.25, 0.3) is 5.52 Å². The number of imidazole rings is 1. The number of aliphatic carboxylic acids is 1. The molecule has 0 amide bonds. The van der Waals surface area contributed by atoms with Gasteiger partial charge in [-0.2, -0.15) is 0 Å². The van der Waals surface area contributed by atoms with Gasteiger partial charge in [0.1, 0.15) is 6.54 Å². The molecule has 0 aromatic carbocycles. The molecule has 0 spiro atoms. The second-order valence-electron chi connectivity index (χ2n) is 2.93. The van der Waals surface area contributed by atoms with Gasteiger partial charge in [-0.15, -0.1) is 0 Å². The van der Waals surface area contributed by atoms with Crippen LogP contribution >= 0.6 is 0 Å². The van der Waals surface area contributed by atoms with Crippen LogP contribution in [-0.4, -0.2) is 20.0 Å². The van der Waals surface area contributed by atoms with E-state index in [9.17, 15) is 9.59 Å². The lowest BCUT2D eigenvalue weighted by Crippen LogP contribution is -2.23. The fourth-order valence-electron chi connectivity index (χ4n) is 1.35. The van der Waals surface area contributed by atoms with E-state index in [2.05, 4.69) is 0 Å². The lowest BCUT2D eigenvalue weighted by atomic mass is 10.4. The number of pyridine rings is 1. The Kier molecular flexibility index (Phi) is 1.85. The fraction of sp³-hybridized carbons (Fsp3) is 0.111. The Morgan fingerprint density at radius 2 is 2.21 bits per heavy atom. The van der Waals surface area contributed by atoms with Crippen molar-refractivity contribution in [2.45, 2.75) is 6.54 Å². The number of carbonyl (C=O) groups is 1. The average molecular weight is 192 g/mol. The molecule has 2 aromatic heterocycles. The number of carboxylic acids is 1. The highest BCUT2D eigenvalue weighted by Gasteiger charge is 2.06. The van der Waals surface area contributed by atoms with Gasteiger partial charge >= 0.3 is 11.7 Å². The van der Waals surface area contributed by atoms with Gasteiger partial charge in [-0.05, 0) is 12.1 Å².